The second-order valence-electron chi connectivity index (χ2n) is 4.75. The van der Waals surface area contributed by atoms with Gasteiger partial charge in [-0.25, -0.2) is 0 Å². The Bertz CT molecular complexity index is 558. The predicted octanol–water partition coefficient (Wildman–Crippen LogP) is 4.42. The van der Waals surface area contributed by atoms with E-state index in [1.807, 2.05) is 6.07 Å². The Balaban J connectivity index is 2.31. The highest BCUT2D eigenvalue weighted by Crippen LogP contribution is 2.38. The minimum absolute atomic E-state index is 0.569. The van der Waals surface area contributed by atoms with Crippen molar-refractivity contribution in [3.63, 3.8) is 0 Å². The maximum Gasteiger partial charge on any atom is 0.134 e. The molecule has 2 aromatic rings. The minimum Gasteiger partial charge on any atom is -0.460 e. The first kappa shape index (κ1) is 9.71. The molecule has 1 aromatic carbocycles. The predicted molar refractivity (Wildman–Crippen MR) is 67.4 cm³/mol. The third kappa shape index (κ3) is 1.31. The maximum atomic E-state index is 5.93. The zero-order valence-corrected chi connectivity index (χ0v) is 9.79. The molecule has 0 unspecified atom stereocenters. The van der Waals surface area contributed by atoms with Crippen LogP contribution < -0.4 is 0 Å². The van der Waals surface area contributed by atoms with E-state index in [2.05, 4.69) is 38.1 Å². The Labute approximate surface area is 95.8 Å². The molecule has 0 N–H and O–H groups in total. The number of hydrogen-bond donors (Lipinski definition) is 0. The summed E-state index contributed by atoms with van der Waals surface area (Å²) in [5.41, 5.74) is 3.84. The van der Waals surface area contributed by atoms with Crippen molar-refractivity contribution in [1.29, 1.82) is 0 Å². The molecule has 0 bridgehead atoms. The van der Waals surface area contributed by atoms with Gasteiger partial charge in [0.05, 0.1) is 0 Å². The Kier molecular flexibility index (Phi) is 2.13. The van der Waals surface area contributed by atoms with Gasteiger partial charge in [0.2, 0.25) is 0 Å². The molecule has 0 amide bonds. The Morgan fingerprint density at radius 3 is 2.81 bits per heavy atom. The van der Waals surface area contributed by atoms with Gasteiger partial charge < -0.3 is 4.42 Å². The van der Waals surface area contributed by atoms with E-state index in [-0.39, 0.29) is 0 Å². The van der Waals surface area contributed by atoms with Crippen LogP contribution in [-0.2, 0) is 6.42 Å². The monoisotopic (exact) mass is 212 g/mol. The summed E-state index contributed by atoms with van der Waals surface area (Å²) in [5, 5.41) is 1.28. The van der Waals surface area contributed by atoms with Crippen molar-refractivity contribution in [2.45, 2.75) is 26.7 Å². The third-order valence-electron chi connectivity index (χ3n) is 3.31. The van der Waals surface area contributed by atoms with E-state index in [9.17, 15) is 0 Å². The number of aryl methyl sites for hydroxylation is 1. The molecule has 0 atom stereocenters. The molecule has 82 valence electrons. The van der Waals surface area contributed by atoms with Crippen molar-refractivity contribution < 1.29 is 4.42 Å². The molecule has 0 saturated heterocycles. The first-order valence-electron chi connectivity index (χ1n) is 5.98. The largest absolute Gasteiger partial charge is 0.460 e. The molecule has 1 aliphatic carbocycles. The topological polar surface area (TPSA) is 13.1 Å². The molecule has 0 fully saturated rings. The van der Waals surface area contributed by atoms with Crippen molar-refractivity contribution in [1.82, 2.24) is 0 Å². The van der Waals surface area contributed by atoms with Gasteiger partial charge in [0, 0.05) is 17.4 Å². The van der Waals surface area contributed by atoms with E-state index in [1.54, 1.807) is 0 Å². The number of benzene rings is 1. The van der Waals surface area contributed by atoms with Crippen LogP contribution in [-0.4, -0.2) is 0 Å². The minimum atomic E-state index is 0.569. The fourth-order valence-corrected chi connectivity index (χ4v) is 2.57. The summed E-state index contributed by atoms with van der Waals surface area (Å²) < 4.78 is 5.93. The van der Waals surface area contributed by atoms with E-state index >= 15 is 0 Å². The molecule has 1 aliphatic rings. The van der Waals surface area contributed by atoms with Crippen LogP contribution in [0.25, 0.3) is 16.5 Å². The van der Waals surface area contributed by atoms with Gasteiger partial charge in [0.25, 0.3) is 0 Å². The van der Waals surface area contributed by atoms with Crippen LogP contribution in [0, 0.1) is 5.92 Å². The smallest absolute Gasteiger partial charge is 0.134 e. The molecule has 1 aromatic heterocycles. The molecule has 0 spiro atoms. The zero-order chi connectivity index (χ0) is 11.1. The fraction of sp³-hybridized carbons (Fsp3) is 0.333. The van der Waals surface area contributed by atoms with E-state index in [1.165, 1.54) is 22.3 Å². The van der Waals surface area contributed by atoms with Gasteiger partial charge in [0.15, 0.2) is 0 Å². The summed E-state index contributed by atoms with van der Waals surface area (Å²) in [6, 6.07) is 8.35. The second-order valence-corrected chi connectivity index (χ2v) is 4.75. The normalized spacial score (nSPS) is 15.3. The van der Waals surface area contributed by atoms with Crippen LogP contribution in [0.4, 0.5) is 0 Å². The second kappa shape index (κ2) is 3.51. The van der Waals surface area contributed by atoms with Gasteiger partial charge in [-0.2, -0.15) is 0 Å². The number of hydrogen-bond acceptors (Lipinski definition) is 1. The molecule has 3 rings (SSSR count). The van der Waals surface area contributed by atoms with Crippen molar-refractivity contribution in [2.24, 2.45) is 5.92 Å². The third-order valence-corrected chi connectivity index (χ3v) is 3.31. The summed E-state index contributed by atoms with van der Waals surface area (Å²) in [4.78, 5) is 0. The Morgan fingerprint density at radius 2 is 2.00 bits per heavy atom. The highest BCUT2D eigenvalue weighted by atomic mass is 16.3. The summed E-state index contributed by atoms with van der Waals surface area (Å²) >= 11 is 0. The van der Waals surface area contributed by atoms with Crippen molar-refractivity contribution >= 4 is 16.5 Å². The summed E-state index contributed by atoms with van der Waals surface area (Å²) in [6.45, 7) is 4.51. The van der Waals surface area contributed by atoms with Crippen LogP contribution in [0.15, 0.2) is 34.8 Å². The average molecular weight is 212 g/mol. The molecule has 1 nitrogen and oxygen atoms in total. The molecule has 16 heavy (non-hydrogen) atoms. The van der Waals surface area contributed by atoms with Crippen LogP contribution in [0.1, 0.15) is 31.6 Å². The average Bonchev–Trinajstić information content (AvgIpc) is 2.66. The lowest BCUT2D eigenvalue weighted by molar-refractivity contribution is 0.543. The SMILES string of the molecule is CC(C)C1=CCCc2oc3ccccc3c21. The summed E-state index contributed by atoms with van der Waals surface area (Å²) in [6.07, 6.45) is 4.52. The molecular weight excluding hydrogens is 196 g/mol. The van der Waals surface area contributed by atoms with Crippen molar-refractivity contribution in [3.05, 3.63) is 41.7 Å². The Morgan fingerprint density at radius 1 is 1.19 bits per heavy atom. The quantitative estimate of drug-likeness (QED) is 0.682. The maximum absolute atomic E-state index is 5.93. The number of rotatable bonds is 1. The Hall–Kier alpha value is -1.50. The molecule has 0 aliphatic heterocycles. The lowest BCUT2D eigenvalue weighted by atomic mass is 9.87. The van der Waals surface area contributed by atoms with Crippen LogP contribution in [0.2, 0.25) is 0 Å². The highest BCUT2D eigenvalue weighted by Gasteiger charge is 2.21. The first-order chi connectivity index (χ1) is 7.77. The van der Waals surface area contributed by atoms with E-state index in [0.29, 0.717) is 5.92 Å². The van der Waals surface area contributed by atoms with E-state index < -0.39 is 0 Å². The summed E-state index contributed by atoms with van der Waals surface area (Å²) in [5.74, 6) is 1.74. The molecule has 0 saturated carbocycles. The van der Waals surface area contributed by atoms with Gasteiger partial charge >= 0.3 is 0 Å². The molecule has 0 radical (unpaired) electrons. The van der Waals surface area contributed by atoms with Gasteiger partial charge in [-0.05, 0) is 24.0 Å². The lowest BCUT2D eigenvalue weighted by Gasteiger charge is -2.16. The highest BCUT2D eigenvalue weighted by molar-refractivity contribution is 5.93. The molecule has 1 heterocycles. The van der Waals surface area contributed by atoms with Crippen molar-refractivity contribution in [3.8, 4) is 0 Å². The van der Waals surface area contributed by atoms with Gasteiger partial charge in [-0.1, -0.05) is 38.1 Å². The van der Waals surface area contributed by atoms with Gasteiger partial charge in [-0.15, -0.1) is 0 Å². The fourth-order valence-electron chi connectivity index (χ4n) is 2.57. The van der Waals surface area contributed by atoms with Crippen LogP contribution >= 0.6 is 0 Å². The number of allylic oxidation sites excluding steroid dienone is 2. The lowest BCUT2D eigenvalue weighted by Crippen LogP contribution is -2.01. The van der Waals surface area contributed by atoms with Crippen molar-refractivity contribution in [2.75, 3.05) is 0 Å². The standard InChI is InChI=1S/C15H16O/c1-10(2)11-7-5-9-14-15(11)12-6-3-4-8-13(12)16-14/h3-4,6-8,10H,5,9H2,1-2H3. The number of fused-ring (bicyclic) bond motifs is 3. The van der Waals surface area contributed by atoms with Crippen LogP contribution in [0.3, 0.4) is 0 Å². The van der Waals surface area contributed by atoms with E-state index in [4.69, 9.17) is 4.42 Å². The number of furan rings is 1. The summed E-state index contributed by atoms with van der Waals surface area (Å²) in [7, 11) is 0. The van der Waals surface area contributed by atoms with Gasteiger partial charge in [0.1, 0.15) is 11.3 Å². The van der Waals surface area contributed by atoms with E-state index in [0.717, 1.165) is 18.4 Å². The van der Waals surface area contributed by atoms with Gasteiger partial charge in [-0.3, -0.25) is 0 Å². The molecular formula is C15H16O. The van der Waals surface area contributed by atoms with Crippen LogP contribution in [0.5, 0.6) is 0 Å². The first-order valence-corrected chi connectivity index (χ1v) is 5.98. The zero-order valence-electron chi connectivity index (χ0n) is 9.79. The molecule has 1 heteroatoms. The number of para-hydroxylation sites is 1.